The Morgan fingerprint density at radius 3 is 2.41 bits per heavy atom. The maximum absolute atomic E-state index is 12.8. The van der Waals surface area contributed by atoms with Gasteiger partial charge in [0.2, 0.25) is 5.91 Å². The molecule has 6 nitrogen and oxygen atoms in total. The zero-order valence-electron chi connectivity index (χ0n) is 16.3. The first-order valence-corrected chi connectivity index (χ1v) is 10.9. The van der Waals surface area contributed by atoms with Crippen LogP contribution in [0.3, 0.4) is 0 Å². The summed E-state index contributed by atoms with van der Waals surface area (Å²) in [5, 5.41) is 0. The highest BCUT2D eigenvalue weighted by molar-refractivity contribution is 5.79. The second-order valence-corrected chi connectivity index (χ2v) is 8.72. The van der Waals surface area contributed by atoms with Gasteiger partial charge in [-0.3, -0.25) is 9.69 Å². The minimum absolute atomic E-state index is 0.257. The smallest absolute Gasteiger partial charge is 0.226 e. The number of anilines is 1. The van der Waals surface area contributed by atoms with E-state index in [2.05, 4.69) is 19.8 Å². The largest absolute Gasteiger partial charge is 0.354 e. The van der Waals surface area contributed by atoms with Crippen molar-refractivity contribution in [1.82, 2.24) is 19.8 Å². The number of carbonyl (C=O) groups excluding carboxylic acids is 1. The molecule has 1 amide bonds. The predicted octanol–water partition coefficient (Wildman–Crippen LogP) is 2.23. The molecule has 146 valence electrons. The Labute approximate surface area is 161 Å². The zero-order chi connectivity index (χ0) is 18.2. The molecule has 1 aromatic rings. The van der Waals surface area contributed by atoms with Crippen molar-refractivity contribution >= 4 is 11.7 Å². The maximum atomic E-state index is 12.8. The summed E-state index contributed by atoms with van der Waals surface area (Å²) in [6.07, 6.45) is 11.3. The Hall–Kier alpha value is -1.69. The van der Waals surface area contributed by atoms with E-state index in [1.807, 2.05) is 4.90 Å². The lowest BCUT2D eigenvalue weighted by Crippen LogP contribution is -2.52. The Morgan fingerprint density at radius 1 is 0.926 bits per heavy atom. The average Bonchev–Trinajstić information content (AvgIpc) is 3.20. The van der Waals surface area contributed by atoms with Crippen molar-refractivity contribution in [3.05, 3.63) is 17.6 Å². The van der Waals surface area contributed by atoms with Gasteiger partial charge in [0.25, 0.3) is 0 Å². The number of piperazine rings is 1. The van der Waals surface area contributed by atoms with Crippen LogP contribution in [-0.4, -0.2) is 64.4 Å². The molecule has 0 unspecified atom stereocenters. The van der Waals surface area contributed by atoms with E-state index in [1.54, 1.807) is 6.33 Å². The third kappa shape index (κ3) is 3.33. The highest BCUT2D eigenvalue weighted by atomic mass is 16.2. The van der Waals surface area contributed by atoms with Crippen LogP contribution in [0.25, 0.3) is 0 Å². The number of amides is 1. The molecule has 27 heavy (non-hydrogen) atoms. The van der Waals surface area contributed by atoms with Gasteiger partial charge in [-0.2, -0.15) is 0 Å². The summed E-state index contributed by atoms with van der Waals surface area (Å²) in [4.78, 5) is 29.2. The summed E-state index contributed by atoms with van der Waals surface area (Å²) < 4.78 is 0. The summed E-state index contributed by atoms with van der Waals surface area (Å²) in [5.74, 6) is 1.74. The predicted molar refractivity (Wildman–Crippen MR) is 105 cm³/mol. The van der Waals surface area contributed by atoms with Crippen molar-refractivity contribution in [2.75, 3.05) is 37.6 Å². The second-order valence-electron chi connectivity index (χ2n) is 8.72. The van der Waals surface area contributed by atoms with Gasteiger partial charge in [-0.25, -0.2) is 9.97 Å². The molecule has 4 aliphatic rings. The number of rotatable bonds is 3. The normalized spacial score (nSPS) is 24.7. The molecule has 0 N–H and O–H groups in total. The highest BCUT2D eigenvalue weighted by Gasteiger charge is 2.33. The minimum atomic E-state index is 0.257. The summed E-state index contributed by atoms with van der Waals surface area (Å²) in [5.41, 5.74) is 2.35. The SMILES string of the molecule is O=C(C1CCCC1)N1CCc2c(ncnc2N2CCN(C3CCC3)CC2)C1. The Kier molecular flexibility index (Phi) is 4.76. The van der Waals surface area contributed by atoms with Crippen LogP contribution >= 0.6 is 0 Å². The summed E-state index contributed by atoms with van der Waals surface area (Å²) in [7, 11) is 0. The van der Waals surface area contributed by atoms with Crippen LogP contribution in [0.1, 0.15) is 56.2 Å². The van der Waals surface area contributed by atoms with Gasteiger partial charge in [0.05, 0.1) is 12.2 Å². The van der Waals surface area contributed by atoms with E-state index >= 15 is 0 Å². The van der Waals surface area contributed by atoms with Crippen molar-refractivity contribution in [2.45, 2.75) is 64.0 Å². The van der Waals surface area contributed by atoms with Gasteiger partial charge in [0.1, 0.15) is 12.1 Å². The molecular formula is C21H31N5O. The van der Waals surface area contributed by atoms with Crippen molar-refractivity contribution in [3.63, 3.8) is 0 Å². The van der Waals surface area contributed by atoms with Crippen molar-refractivity contribution < 1.29 is 4.79 Å². The molecule has 5 rings (SSSR count). The summed E-state index contributed by atoms with van der Waals surface area (Å²) >= 11 is 0. The van der Waals surface area contributed by atoms with Gasteiger partial charge in [-0.15, -0.1) is 0 Å². The van der Waals surface area contributed by atoms with Crippen molar-refractivity contribution in [1.29, 1.82) is 0 Å². The number of fused-ring (bicyclic) bond motifs is 1. The highest BCUT2D eigenvalue weighted by Crippen LogP contribution is 2.31. The number of nitrogens with zero attached hydrogens (tertiary/aromatic N) is 5. The van der Waals surface area contributed by atoms with E-state index in [4.69, 9.17) is 0 Å². The number of aromatic nitrogens is 2. The quantitative estimate of drug-likeness (QED) is 0.818. The van der Waals surface area contributed by atoms with Crippen LogP contribution in [0.2, 0.25) is 0 Å². The minimum Gasteiger partial charge on any atom is -0.354 e. The topological polar surface area (TPSA) is 52.6 Å². The average molecular weight is 370 g/mol. The molecule has 2 aliphatic heterocycles. The molecule has 3 heterocycles. The van der Waals surface area contributed by atoms with E-state index < -0.39 is 0 Å². The molecule has 0 atom stereocenters. The molecule has 0 bridgehead atoms. The molecule has 6 heteroatoms. The van der Waals surface area contributed by atoms with Crippen LogP contribution in [0.5, 0.6) is 0 Å². The summed E-state index contributed by atoms with van der Waals surface area (Å²) in [6, 6.07) is 0.835. The van der Waals surface area contributed by atoms with E-state index in [0.29, 0.717) is 12.5 Å². The number of hydrogen-bond acceptors (Lipinski definition) is 5. The first-order valence-electron chi connectivity index (χ1n) is 10.9. The maximum Gasteiger partial charge on any atom is 0.226 e. The van der Waals surface area contributed by atoms with Crippen LogP contribution in [0, 0.1) is 5.92 Å². The van der Waals surface area contributed by atoms with Crippen LogP contribution in [0.15, 0.2) is 6.33 Å². The van der Waals surface area contributed by atoms with Gasteiger partial charge in [-0.05, 0) is 32.1 Å². The molecular weight excluding hydrogens is 338 g/mol. The first kappa shape index (κ1) is 17.4. The molecule has 1 aromatic heterocycles. The molecule has 3 fully saturated rings. The van der Waals surface area contributed by atoms with Crippen molar-refractivity contribution in [2.24, 2.45) is 5.92 Å². The fourth-order valence-electron chi connectivity index (χ4n) is 5.28. The van der Waals surface area contributed by atoms with E-state index in [1.165, 1.54) is 37.7 Å². The lowest BCUT2D eigenvalue weighted by atomic mass is 9.91. The molecule has 0 spiro atoms. The monoisotopic (exact) mass is 369 g/mol. The van der Waals surface area contributed by atoms with Crippen LogP contribution in [0.4, 0.5) is 5.82 Å². The Balaban J connectivity index is 1.27. The van der Waals surface area contributed by atoms with Gasteiger partial charge >= 0.3 is 0 Å². The fraction of sp³-hybridized carbons (Fsp3) is 0.762. The van der Waals surface area contributed by atoms with Gasteiger partial charge < -0.3 is 9.80 Å². The van der Waals surface area contributed by atoms with Gasteiger partial charge in [-0.1, -0.05) is 19.3 Å². The Morgan fingerprint density at radius 2 is 1.70 bits per heavy atom. The van der Waals surface area contributed by atoms with E-state index in [-0.39, 0.29) is 5.92 Å². The van der Waals surface area contributed by atoms with Crippen molar-refractivity contribution in [3.8, 4) is 0 Å². The zero-order valence-corrected chi connectivity index (χ0v) is 16.3. The third-order valence-corrected chi connectivity index (χ3v) is 7.21. The fourth-order valence-corrected chi connectivity index (χ4v) is 5.28. The molecule has 2 aliphatic carbocycles. The van der Waals surface area contributed by atoms with E-state index in [0.717, 1.165) is 69.5 Å². The molecule has 0 aromatic carbocycles. The lowest BCUT2D eigenvalue weighted by molar-refractivity contribution is -0.136. The standard InChI is InChI=1S/C21H31N5O/c27-21(16-4-1-2-5-16)26-9-8-18-19(14-26)22-15-23-20(18)25-12-10-24(11-13-25)17-6-3-7-17/h15-17H,1-14H2. The van der Waals surface area contributed by atoms with Crippen LogP contribution < -0.4 is 4.90 Å². The third-order valence-electron chi connectivity index (χ3n) is 7.21. The Bertz CT molecular complexity index is 690. The lowest BCUT2D eigenvalue weighted by Gasteiger charge is -2.43. The molecule has 2 saturated carbocycles. The summed E-state index contributed by atoms with van der Waals surface area (Å²) in [6.45, 7) is 5.91. The van der Waals surface area contributed by atoms with Gasteiger partial charge in [0, 0.05) is 50.2 Å². The van der Waals surface area contributed by atoms with Gasteiger partial charge in [0.15, 0.2) is 0 Å². The number of carbonyl (C=O) groups is 1. The second kappa shape index (κ2) is 7.38. The molecule has 0 radical (unpaired) electrons. The first-order chi connectivity index (χ1) is 13.3. The van der Waals surface area contributed by atoms with Crippen LogP contribution in [-0.2, 0) is 17.8 Å². The van der Waals surface area contributed by atoms with E-state index in [9.17, 15) is 4.79 Å². The number of hydrogen-bond donors (Lipinski definition) is 0. The molecule has 1 saturated heterocycles.